The van der Waals surface area contributed by atoms with Crippen molar-refractivity contribution in [2.75, 3.05) is 0 Å². The monoisotopic (exact) mass is 657 g/mol. The van der Waals surface area contributed by atoms with E-state index in [4.69, 9.17) is 19.4 Å². The van der Waals surface area contributed by atoms with Crippen LogP contribution in [-0.4, -0.2) is 15.0 Å². The van der Waals surface area contributed by atoms with E-state index in [2.05, 4.69) is 91.0 Å². The number of furan rings is 1. The number of rotatable bonds is 5. The number of para-hydroxylation sites is 1. The average molecular weight is 658 g/mol. The second-order valence-corrected chi connectivity index (χ2v) is 13.4. The molecule has 0 aliphatic rings. The highest BCUT2D eigenvalue weighted by Gasteiger charge is 2.20. The molecule has 0 spiro atoms. The van der Waals surface area contributed by atoms with Crippen LogP contribution in [0.25, 0.3) is 98.5 Å². The topological polar surface area (TPSA) is 51.8 Å². The van der Waals surface area contributed by atoms with Gasteiger partial charge < -0.3 is 4.42 Å². The molecule has 10 rings (SSSR count). The Labute approximate surface area is 292 Å². The van der Waals surface area contributed by atoms with Crippen molar-refractivity contribution in [1.29, 1.82) is 0 Å². The van der Waals surface area contributed by atoms with E-state index in [0.29, 0.717) is 17.5 Å². The van der Waals surface area contributed by atoms with E-state index in [0.717, 1.165) is 65.6 Å². The molecular formula is C45H27N3OS. The molecule has 0 bridgehead atoms. The van der Waals surface area contributed by atoms with E-state index >= 15 is 0 Å². The molecule has 0 N–H and O–H groups in total. The van der Waals surface area contributed by atoms with E-state index in [1.807, 2.05) is 72.8 Å². The smallest absolute Gasteiger partial charge is 0.165 e. The van der Waals surface area contributed by atoms with Crippen LogP contribution >= 0.6 is 11.3 Å². The van der Waals surface area contributed by atoms with E-state index in [-0.39, 0.29) is 0 Å². The lowest BCUT2D eigenvalue weighted by molar-refractivity contribution is 0.670. The largest absolute Gasteiger partial charge is 0.455 e. The molecule has 0 radical (unpaired) electrons. The van der Waals surface area contributed by atoms with Crippen LogP contribution in [0, 0.1) is 0 Å². The first-order valence-electron chi connectivity index (χ1n) is 16.6. The fourth-order valence-corrected chi connectivity index (χ4v) is 8.18. The molecule has 3 aromatic heterocycles. The molecule has 0 atom stereocenters. The van der Waals surface area contributed by atoms with Crippen molar-refractivity contribution in [3.05, 3.63) is 164 Å². The van der Waals surface area contributed by atoms with Crippen LogP contribution < -0.4 is 0 Å². The van der Waals surface area contributed by atoms with Crippen molar-refractivity contribution in [2.45, 2.75) is 0 Å². The Morgan fingerprint density at radius 1 is 0.400 bits per heavy atom. The number of hydrogen-bond donors (Lipinski definition) is 0. The Hall–Kier alpha value is -6.43. The molecule has 7 aromatic carbocycles. The minimum Gasteiger partial charge on any atom is -0.455 e. The van der Waals surface area contributed by atoms with E-state index in [1.54, 1.807) is 11.3 Å². The third-order valence-corrected chi connectivity index (χ3v) is 10.6. The normalized spacial score (nSPS) is 11.6. The zero-order valence-corrected chi connectivity index (χ0v) is 27.6. The van der Waals surface area contributed by atoms with Crippen LogP contribution in [0.4, 0.5) is 0 Å². The Morgan fingerprint density at radius 2 is 1.00 bits per heavy atom. The van der Waals surface area contributed by atoms with Gasteiger partial charge >= 0.3 is 0 Å². The summed E-state index contributed by atoms with van der Waals surface area (Å²) in [5.41, 5.74) is 9.24. The van der Waals surface area contributed by atoms with Gasteiger partial charge in [-0.1, -0.05) is 133 Å². The fraction of sp³-hybridized carbons (Fsp3) is 0. The van der Waals surface area contributed by atoms with Crippen molar-refractivity contribution in [2.24, 2.45) is 0 Å². The van der Waals surface area contributed by atoms with Crippen LogP contribution in [0.15, 0.2) is 168 Å². The molecule has 3 heterocycles. The summed E-state index contributed by atoms with van der Waals surface area (Å²) in [5, 5.41) is 4.64. The lowest BCUT2D eigenvalue weighted by atomic mass is 9.94. The summed E-state index contributed by atoms with van der Waals surface area (Å²) in [4.78, 5) is 15.0. The van der Waals surface area contributed by atoms with Gasteiger partial charge in [-0.25, -0.2) is 15.0 Å². The highest BCUT2D eigenvalue weighted by Crippen LogP contribution is 2.45. The average Bonchev–Trinajstić information content (AvgIpc) is 3.77. The maximum atomic E-state index is 6.57. The molecule has 50 heavy (non-hydrogen) atoms. The number of nitrogens with zero attached hydrogens (tertiary/aromatic N) is 3. The van der Waals surface area contributed by atoms with Gasteiger partial charge in [0, 0.05) is 53.2 Å². The Bertz CT molecular complexity index is 2800. The van der Waals surface area contributed by atoms with Gasteiger partial charge in [-0.05, 0) is 47.0 Å². The van der Waals surface area contributed by atoms with E-state index < -0.39 is 0 Å². The molecule has 4 nitrogen and oxygen atoms in total. The lowest BCUT2D eigenvalue weighted by Gasteiger charge is -2.09. The maximum Gasteiger partial charge on any atom is 0.165 e. The molecule has 0 aliphatic carbocycles. The van der Waals surface area contributed by atoms with Gasteiger partial charge in [-0.15, -0.1) is 11.3 Å². The number of benzene rings is 7. The summed E-state index contributed by atoms with van der Waals surface area (Å²) in [6, 6.07) is 56.7. The molecule has 0 saturated carbocycles. The first-order valence-corrected chi connectivity index (χ1v) is 17.4. The molecule has 234 valence electrons. The van der Waals surface area contributed by atoms with Crippen molar-refractivity contribution >= 4 is 53.4 Å². The van der Waals surface area contributed by atoms with Gasteiger partial charge in [0.05, 0.1) is 0 Å². The molecule has 0 unspecified atom stereocenters. The van der Waals surface area contributed by atoms with Gasteiger partial charge in [0.25, 0.3) is 0 Å². The third-order valence-electron chi connectivity index (χ3n) is 9.36. The van der Waals surface area contributed by atoms with Crippen LogP contribution in [0.3, 0.4) is 0 Å². The summed E-state index contributed by atoms with van der Waals surface area (Å²) < 4.78 is 8.94. The lowest BCUT2D eigenvalue weighted by Crippen LogP contribution is -2.00. The highest BCUT2D eigenvalue weighted by molar-refractivity contribution is 7.26. The van der Waals surface area contributed by atoms with Crippen molar-refractivity contribution in [3.8, 4) is 56.4 Å². The summed E-state index contributed by atoms with van der Waals surface area (Å²) in [7, 11) is 0. The summed E-state index contributed by atoms with van der Waals surface area (Å²) in [6.07, 6.45) is 0. The van der Waals surface area contributed by atoms with Crippen molar-refractivity contribution in [1.82, 2.24) is 15.0 Å². The van der Waals surface area contributed by atoms with Crippen molar-refractivity contribution in [3.63, 3.8) is 0 Å². The number of hydrogen-bond acceptors (Lipinski definition) is 5. The zero-order chi connectivity index (χ0) is 33.0. The SMILES string of the molecule is c1ccc(-c2nc(-c3ccccc3)nc(-c3cccc4c3sc3ccc(-c5ccc(-c6ccccc6)c6oc7ccccc7c56)cc34)n2)cc1. The summed E-state index contributed by atoms with van der Waals surface area (Å²) >= 11 is 1.78. The van der Waals surface area contributed by atoms with Gasteiger partial charge in [-0.3, -0.25) is 0 Å². The van der Waals surface area contributed by atoms with Gasteiger partial charge in [-0.2, -0.15) is 0 Å². The molecule has 10 aromatic rings. The van der Waals surface area contributed by atoms with E-state index in [9.17, 15) is 0 Å². The Morgan fingerprint density at radius 3 is 1.72 bits per heavy atom. The number of fused-ring (bicyclic) bond motifs is 6. The standard InChI is InChI=1S/C45H27N3OS/c1-4-13-28(14-5-1)33-25-24-32(40-35-19-10-11-22-38(35)49-41(33)40)31-23-26-39-37(27-31)34-20-12-21-36(42(34)50-39)45-47-43(29-15-6-2-7-16-29)46-44(48-45)30-17-8-3-9-18-30/h1-27H. The van der Waals surface area contributed by atoms with Gasteiger partial charge in [0.15, 0.2) is 17.5 Å². The van der Waals surface area contributed by atoms with Crippen LogP contribution in [0.5, 0.6) is 0 Å². The predicted octanol–water partition coefficient (Wildman–Crippen LogP) is 12.5. The van der Waals surface area contributed by atoms with Crippen LogP contribution in [0.1, 0.15) is 0 Å². The molecule has 0 aliphatic heterocycles. The first kappa shape index (κ1) is 28.6. The minimum absolute atomic E-state index is 0.658. The quantitative estimate of drug-likeness (QED) is 0.185. The maximum absolute atomic E-state index is 6.57. The molecule has 0 fully saturated rings. The molecule has 0 saturated heterocycles. The second-order valence-electron chi connectivity index (χ2n) is 12.4. The van der Waals surface area contributed by atoms with Crippen molar-refractivity contribution < 1.29 is 4.42 Å². The van der Waals surface area contributed by atoms with Gasteiger partial charge in [0.1, 0.15) is 11.2 Å². The van der Waals surface area contributed by atoms with E-state index in [1.165, 1.54) is 15.5 Å². The Kier molecular flexibility index (Phi) is 6.64. The number of thiophene rings is 1. The predicted molar refractivity (Wildman–Crippen MR) is 207 cm³/mol. The highest BCUT2D eigenvalue weighted by atomic mass is 32.1. The third kappa shape index (κ3) is 4.71. The molecular weight excluding hydrogens is 631 g/mol. The zero-order valence-electron chi connectivity index (χ0n) is 26.7. The van der Waals surface area contributed by atoms with Crippen LogP contribution in [0.2, 0.25) is 0 Å². The molecule has 5 heteroatoms. The second kappa shape index (κ2) is 11.6. The first-order chi connectivity index (χ1) is 24.8. The summed E-state index contributed by atoms with van der Waals surface area (Å²) in [5.74, 6) is 1.98. The van der Waals surface area contributed by atoms with Crippen LogP contribution in [-0.2, 0) is 0 Å². The summed E-state index contributed by atoms with van der Waals surface area (Å²) in [6.45, 7) is 0. The molecule has 0 amide bonds. The van der Waals surface area contributed by atoms with Gasteiger partial charge in [0.2, 0.25) is 0 Å². The Balaban J connectivity index is 1.16. The number of aromatic nitrogens is 3. The minimum atomic E-state index is 0.658. The fourth-order valence-electron chi connectivity index (χ4n) is 6.98.